The van der Waals surface area contributed by atoms with Crippen molar-refractivity contribution in [3.05, 3.63) is 0 Å². The first-order valence-corrected chi connectivity index (χ1v) is 11.5. The van der Waals surface area contributed by atoms with Crippen molar-refractivity contribution >= 4 is 41.6 Å². The molecule has 0 aromatic carbocycles. The van der Waals surface area contributed by atoms with Gasteiger partial charge in [-0.25, -0.2) is 16.7 Å². The van der Waals surface area contributed by atoms with Crippen LogP contribution in [0.4, 0.5) is 0 Å². The Morgan fingerprint density at radius 3 is 1.56 bits per heavy atom. The van der Waals surface area contributed by atoms with Crippen LogP contribution >= 0.6 is 0 Å². The molecule has 0 amide bonds. The zero-order chi connectivity index (χ0) is 21.3. The van der Waals surface area contributed by atoms with Gasteiger partial charge < -0.3 is 4.74 Å². The molecule has 0 radical (unpaired) electrons. The third-order valence-corrected chi connectivity index (χ3v) is 4.48. The lowest BCUT2D eigenvalue weighted by atomic mass is 10.0. The Morgan fingerprint density at radius 1 is 0.704 bits per heavy atom. The van der Waals surface area contributed by atoms with Crippen molar-refractivity contribution in [2.45, 2.75) is 24.4 Å². The first kappa shape index (κ1) is 24.5. The Hall–Kier alpha value is -0.560. The average molecular weight is 484 g/mol. The molecule has 0 aromatic heterocycles. The van der Waals surface area contributed by atoms with E-state index in [0.717, 1.165) is 0 Å². The van der Waals surface area contributed by atoms with Crippen molar-refractivity contribution in [2.24, 2.45) is 0 Å². The van der Waals surface area contributed by atoms with Gasteiger partial charge in [0.1, 0.15) is 24.4 Å². The molecule has 0 bridgehead atoms. The van der Waals surface area contributed by atoms with Crippen LogP contribution in [0.15, 0.2) is 0 Å². The largest absolute Gasteiger partial charge is 0.397 e. The smallest absolute Gasteiger partial charge is 0.370 e. The van der Waals surface area contributed by atoms with E-state index >= 15 is 0 Å². The van der Waals surface area contributed by atoms with Crippen LogP contribution in [0, 0.1) is 0 Å². The zero-order valence-electron chi connectivity index (χ0n) is 12.5. The number of rotatable bonds is 9. The third kappa shape index (κ3) is 9.97. The van der Waals surface area contributed by atoms with Gasteiger partial charge in [0.15, 0.2) is 0 Å². The van der Waals surface area contributed by atoms with Gasteiger partial charge in [-0.05, 0) is 0 Å². The van der Waals surface area contributed by atoms with Gasteiger partial charge in [0, 0.05) is 0 Å². The molecule has 0 aromatic rings. The molecular formula is C6H12O17S4. The highest BCUT2D eigenvalue weighted by Gasteiger charge is 2.49. The van der Waals surface area contributed by atoms with Crippen molar-refractivity contribution in [1.82, 2.24) is 0 Å². The highest BCUT2D eigenvalue weighted by Crippen LogP contribution is 2.27. The molecule has 27 heavy (non-hydrogen) atoms. The van der Waals surface area contributed by atoms with Crippen molar-refractivity contribution in [3.63, 3.8) is 0 Å². The second kappa shape index (κ2) is 8.44. The Labute approximate surface area is 152 Å². The summed E-state index contributed by atoms with van der Waals surface area (Å²) in [6, 6.07) is 0. The first-order chi connectivity index (χ1) is 11.9. The number of ether oxygens (including phenoxy) is 1. The van der Waals surface area contributed by atoms with E-state index in [-0.39, 0.29) is 0 Å². The van der Waals surface area contributed by atoms with E-state index < -0.39 is 79.2 Å². The number of hydrogen-bond acceptors (Lipinski definition) is 13. The van der Waals surface area contributed by atoms with E-state index in [1.165, 1.54) is 0 Å². The summed E-state index contributed by atoms with van der Waals surface area (Å²) in [6.07, 6.45) is -8.96. The van der Waals surface area contributed by atoms with E-state index in [4.69, 9.17) is 22.9 Å². The summed E-state index contributed by atoms with van der Waals surface area (Å²) in [5.74, 6) is 0. The first-order valence-electron chi connectivity index (χ1n) is 6.07. The van der Waals surface area contributed by atoms with Crippen molar-refractivity contribution in [1.29, 1.82) is 0 Å². The summed E-state index contributed by atoms with van der Waals surface area (Å²) in [5, 5.41) is 0. The highest BCUT2D eigenvalue weighted by atomic mass is 32.3. The summed E-state index contributed by atoms with van der Waals surface area (Å²) in [6.45, 7) is -2.26. The molecule has 4 N–H and O–H groups in total. The molecule has 0 aliphatic carbocycles. The molecule has 17 nitrogen and oxygen atoms in total. The van der Waals surface area contributed by atoms with E-state index in [1.807, 2.05) is 0 Å². The Morgan fingerprint density at radius 2 is 1.15 bits per heavy atom. The second-order valence-corrected chi connectivity index (χ2v) is 8.86. The van der Waals surface area contributed by atoms with Gasteiger partial charge in [-0.1, -0.05) is 0 Å². The zero-order valence-corrected chi connectivity index (χ0v) is 15.7. The molecule has 162 valence electrons. The molecule has 4 atom stereocenters. The van der Waals surface area contributed by atoms with Gasteiger partial charge in [0.25, 0.3) is 0 Å². The van der Waals surface area contributed by atoms with E-state index in [2.05, 4.69) is 16.7 Å². The monoisotopic (exact) mass is 484 g/mol. The normalized spacial score (nSPS) is 28.1. The molecule has 1 aliphatic heterocycles. The van der Waals surface area contributed by atoms with Gasteiger partial charge in [-0.15, -0.1) is 0 Å². The quantitative estimate of drug-likeness (QED) is 0.234. The summed E-state index contributed by atoms with van der Waals surface area (Å²) in [7, 11) is -21.3. The van der Waals surface area contributed by atoms with Crippen molar-refractivity contribution in [3.8, 4) is 0 Å². The van der Waals surface area contributed by atoms with Gasteiger partial charge in [0.05, 0.1) is 13.2 Å². The van der Waals surface area contributed by atoms with Crippen LogP contribution in [0.3, 0.4) is 0 Å². The van der Waals surface area contributed by atoms with Gasteiger partial charge >= 0.3 is 41.6 Å². The Balaban J connectivity index is 3.30. The molecule has 1 saturated heterocycles. The molecule has 1 heterocycles. The molecule has 0 unspecified atom stereocenters. The highest BCUT2D eigenvalue weighted by molar-refractivity contribution is 7.81. The molecule has 1 fully saturated rings. The molecule has 1 rings (SSSR count). The van der Waals surface area contributed by atoms with Crippen LogP contribution < -0.4 is 0 Å². The van der Waals surface area contributed by atoms with Crippen LogP contribution in [0.25, 0.3) is 0 Å². The Bertz CT molecular complexity index is 927. The lowest BCUT2D eigenvalue weighted by Gasteiger charge is -2.38. The molecule has 21 heteroatoms. The topological polar surface area (TPSA) is 264 Å². The summed E-state index contributed by atoms with van der Waals surface area (Å²) < 4.78 is 142. The second-order valence-electron chi connectivity index (χ2n) is 4.62. The minimum Gasteiger partial charge on any atom is -0.370 e. The third-order valence-electron chi connectivity index (χ3n) is 2.62. The Kier molecular flexibility index (Phi) is 7.65. The van der Waals surface area contributed by atoms with E-state index in [0.29, 0.717) is 0 Å². The van der Waals surface area contributed by atoms with Crippen LogP contribution in [-0.4, -0.2) is 89.5 Å². The minimum absolute atomic E-state index is 1.01. The maximum absolute atomic E-state index is 10.9. The SMILES string of the molecule is O=S(=O)(O)OC[C@H]1OC[C@@H](OS(=O)(=O)O)[C@H](OS(=O)(=O)O)[C@@H]1OS(=O)(=O)O. The molecule has 1 aliphatic rings. The summed E-state index contributed by atoms with van der Waals surface area (Å²) in [5.41, 5.74) is 0. The lowest BCUT2D eigenvalue weighted by molar-refractivity contribution is -0.171. The van der Waals surface area contributed by atoms with E-state index in [9.17, 15) is 33.7 Å². The fourth-order valence-corrected chi connectivity index (χ4v) is 3.69. The maximum atomic E-state index is 10.9. The minimum atomic E-state index is -5.44. The molecule has 0 spiro atoms. The lowest BCUT2D eigenvalue weighted by Crippen LogP contribution is -2.58. The van der Waals surface area contributed by atoms with Crippen LogP contribution in [0.1, 0.15) is 0 Å². The van der Waals surface area contributed by atoms with Crippen LogP contribution in [0.5, 0.6) is 0 Å². The maximum Gasteiger partial charge on any atom is 0.397 e. The van der Waals surface area contributed by atoms with E-state index in [1.54, 1.807) is 0 Å². The fourth-order valence-electron chi connectivity index (χ4n) is 1.88. The molecular weight excluding hydrogens is 472 g/mol. The fraction of sp³-hybridized carbons (Fsp3) is 1.00. The van der Waals surface area contributed by atoms with Crippen molar-refractivity contribution < 1.29 is 73.4 Å². The standard InChI is InChI=1S/C6H12O17S4/c7-24(8,9)20-2-3-5(22-26(13,14)15)6(23-27(16,17)18)4(1-19-3)21-25(10,11)12/h3-6H,1-2H2,(H,7,8,9)(H,10,11,12)(H,13,14,15)(H,16,17,18)/t3-,4-,5-,6+/m1/s1. The van der Waals surface area contributed by atoms with Crippen LogP contribution in [-0.2, 0) is 63.1 Å². The summed E-state index contributed by atoms with van der Waals surface area (Å²) in [4.78, 5) is 0. The average Bonchev–Trinajstić information content (AvgIpc) is 2.36. The predicted molar refractivity (Wildman–Crippen MR) is 76.5 cm³/mol. The predicted octanol–water partition coefficient (Wildman–Crippen LogP) is -3.23. The van der Waals surface area contributed by atoms with Gasteiger partial charge in [0.2, 0.25) is 0 Å². The summed E-state index contributed by atoms with van der Waals surface area (Å²) >= 11 is 0. The van der Waals surface area contributed by atoms with Crippen molar-refractivity contribution in [2.75, 3.05) is 13.2 Å². The van der Waals surface area contributed by atoms with Gasteiger partial charge in [-0.2, -0.15) is 33.7 Å². The molecule has 0 saturated carbocycles. The van der Waals surface area contributed by atoms with Crippen LogP contribution in [0.2, 0.25) is 0 Å². The van der Waals surface area contributed by atoms with Gasteiger partial charge in [-0.3, -0.25) is 18.2 Å². The number of hydrogen-bond donors (Lipinski definition) is 4.